The van der Waals surface area contributed by atoms with Crippen LogP contribution in [-0.2, 0) is 0 Å². The van der Waals surface area contributed by atoms with Crippen LogP contribution in [0.15, 0.2) is 22.7 Å². The minimum Gasteiger partial charge on any atom is -0.504 e. The van der Waals surface area contributed by atoms with Crippen molar-refractivity contribution in [3.05, 3.63) is 18.2 Å². The summed E-state index contributed by atoms with van der Waals surface area (Å²) in [5, 5.41) is 13.5. The van der Waals surface area contributed by atoms with E-state index in [-0.39, 0.29) is 18.4 Å². The molecule has 3 N–H and O–H groups in total. The Hall–Kier alpha value is -2.37. The molecule has 0 saturated carbocycles. The number of phenols is 1. The molecule has 1 aliphatic rings. The van der Waals surface area contributed by atoms with Crippen molar-refractivity contribution < 1.29 is 19.1 Å². The highest BCUT2D eigenvalue weighted by Gasteiger charge is 2.22. The molecule has 6 heteroatoms. The first-order valence-electron chi connectivity index (χ1n) is 4.60. The number of anilines is 1. The summed E-state index contributed by atoms with van der Waals surface area (Å²) >= 11 is 0. The van der Waals surface area contributed by atoms with E-state index >= 15 is 0 Å². The number of ether oxygens (including phenoxy) is 2. The number of nitrogen functional groups attached to an aromatic ring is 1. The summed E-state index contributed by atoms with van der Waals surface area (Å²) in [5.41, 5.74) is 5.90. The zero-order chi connectivity index (χ0) is 11.1. The van der Waals surface area contributed by atoms with Gasteiger partial charge >= 0.3 is 0 Å². The minimum atomic E-state index is -0.0360. The van der Waals surface area contributed by atoms with E-state index in [1.165, 1.54) is 6.07 Å². The third-order valence-electron chi connectivity index (χ3n) is 2.31. The van der Waals surface area contributed by atoms with Gasteiger partial charge in [0.15, 0.2) is 23.1 Å². The van der Waals surface area contributed by atoms with Crippen LogP contribution in [-0.4, -0.2) is 17.1 Å². The first-order chi connectivity index (χ1) is 7.75. The van der Waals surface area contributed by atoms with Crippen LogP contribution in [0.1, 0.15) is 0 Å². The Bertz CT molecular complexity index is 550. The molecule has 0 radical (unpaired) electrons. The lowest BCUT2D eigenvalue weighted by Crippen LogP contribution is -1.93. The molecule has 1 aliphatic heterocycles. The lowest BCUT2D eigenvalue weighted by molar-refractivity contribution is 0.171. The highest BCUT2D eigenvalue weighted by molar-refractivity contribution is 5.73. The normalized spacial score (nSPS) is 13.0. The van der Waals surface area contributed by atoms with Gasteiger partial charge in [-0.25, -0.2) is 0 Å². The summed E-state index contributed by atoms with van der Waals surface area (Å²) in [4.78, 5) is 0. The molecule has 0 aliphatic carbocycles. The van der Waals surface area contributed by atoms with Crippen molar-refractivity contribution in [2.45, 2.75) is 0 Å². The van der Waals surface area contributed by atoms with Gasteiger partial charge in [0.05, 0.1) is 5.56 Å². The standard InChI is InChI=1S/C10H8N2O4/c11-8-3-7(16-12-8)5-1-2-6-10(9(5)13)15-4-14-6/h1-3,13H,4H2,(H2,11,12). The Kier molecular flexibility index (Phi) is 1.70. The zero-order valence-corrected chi connectivity index (χ0v) is 8.14. The van der Waals surface area contributed by atoms with E-state index in [0.29, 0.717) is 22.8 Å². The van der Waals surface area contributed by atoms with Crippen LogP contribution >= 0.6 is 0 Å². The predicted molar refractivity (Wildman–Crippen MR) is 54.1 cm³/mol. The molecule has 82 valence electrons. The third kappa shape index (κ3) is 1.16. The quantitative estimate of drug-likeness (QED) is 0.753. The Balaban J connectivity index is 2.15. The maximum Gasteiger partial charge on any atom is 0.231 e. The fourth-order valence-corrected chi connectivity index (χ4v) is 1.57. The van der Waals surface area contributed by atoms with E-state index in [1.807, 2.05) is 0 Å². The first-order valence-corrected chi connectivity index (χ1v) is 4.60. The Morgan fingerprint density at radius 2 is 2.19 bits per heavy atom. The van der Waals surface area contributed by atoms with E-state index in [0.717, 1.165) is 0 Å². The molecule has 1 aromatic carbocycles. The summed E-state index contributed by atoms with van der Waals surface area (Å²) in [7, 11) is 0. The van der Waals surface area contributed by atoms with Crippen molar-refractivity contribution in [3.8, 4) is 28.6 Å². The Morgan fingerprint density at radius 1 is 1.31 bits per heavy atom. The molecule has 0 unspecified atom stereocenters. The largest absolute Gasteiger partial charge is 0.504 e. The molecule has 0 bridgehead atoms. The van der Waals surface area contributed by atoms with Gasteiger partial charge in [0, 0.05) is 6.07 Å². The zero-order valence-electron chi connectivity index (χ0n) is 8.14. The van der Waals surface area contributed by atoms with E-state index in [4.69, 9.17) is 19.7 Å². The fourth-order valence-electron chi connectivity index (χ4n) is 1.57. The monoisotopic (exact) mass is 220 g/mol. The van der Waals surface area contributed by atoms with Gasteiger partial charge in [0.2, 0.25) is 12.5 Å². The molecule has 0 amide bonds. The van der Waals surface area contributed by atoms with Gasteiger partial charge < -0.3 is 24.8 Å². The number of fused-ring (bicyclic) bond motifs is 1. The van der Waals surface area contributed by atoms with Crippen molar-refractivity contribution in [2.75, 3.05) is 12.5 Å². The second-order valence-electron chi connectivity index (χ2n) is 3.31. The summed E-state index contributed by atoms with van der Waals surface area (Å²) < 4.78 is 15.2. The predicted octanol–water partition coefficient (Wildman–Crippen LogP) is 1.36. The highest BCUT2D eigenvalue weighted by atomic mass is 16.7. The molecule has 3 rings (SSSR count). The van der Waals surface area contributed by atoms with Crippen molar-refractivity contribution in [3.63, 3.8) is 0 Å². The van der Waals surface area contributed by atoms with Crippen molar-refractivity contribution in [1.82, 2.24) is 5.16 Å². The molecular formula is C10H8N2O4. The molecule has 2 heterocycles. The minimum absolute atomic E-state index is 0.0360. The molecule has 2 aromatic rings. The molecule has 6 nitrogen and oxygen atoms in total. The number of hydrogen-bond acceptors (Lipinski definition) is 6. The van der Waals surface area contributed by atoms with Crippen LogP contribution in [0.5, 0.6) is 17.2 Å². The molecule has 16 heavy (non-hydrogen) atoms. The summed E-state index contributed by atoms with van der Waals surface area (Å²) in [5.74, 6) is 1.42. The highest BCUT2D eigenvalue weighted by Crippen LogP contribution is 2.46. The molecule has 1 aromatic heterocycles. The maximum absolute atomic E-state index is 9.94. The van der Waals surface area contributed by atoms with Crippen LogP contribution in [0, 0.1) is 0 Å². The maximum atomic E-state index is 9.94. The van der Waals surface area contributed by atoms with Crippen LogP contribution in [0.25, 0.3) is 11.3 Å². The molecule has 0 atom stereocenters. The van der Waals surface area contributed by atoms with Gasteiger partial charge in [0.25, 0.3) is 0 Å². The van der Waals surface area contributed by atoms with Crippen molar-refractivity contribution in [2.24, 2.45) is 0 Å². The van der Waals surface area contributed by atoms with E-state index < -0.39 is 0 Å². The Morgan fingerprint density at radius 3 is 2.94 bits per heavy atom. The fraction of sp³-hybridized carbons (Fsp3) is 0.100. The van der Waals surface area contributed by atoms with Gasteiger partial charge in [-0.15, -0.1) is 0 Å². The number of hydrogen-bond donors (Lipinski definition) is 2. The second kappa shape index (κ2) is 3.06. The molecule has 0 spiro atoms. The summed E-state index contributed by atoms with van der Waals surface area (Å²) in [6.07, 6.45) is 0. The van der Waals surface area contributed by atoms with Gasteiger partial charge in [-0.2, -0.15) is 0 Å². The number of benzene rings is 1. The smallest absolute Gasteiger partial charge is 0.231 e. The van der Waals surface area contributed by atoms with Crippen LogP contribution in [0.4, 0.5) is 5.82 Å². The number of aromatic hydroxyl groups is 1. The number of nitrogens with zero attached hydrogens (tertiary/aromatic N) is 1. The van der Waals surface area contributed by atoms with E-state index in [1.54, 1.807) is 12.1 Å². The van der Waals surface area contributed by atoms with Crippen LogP contribution in [0.3, 0.4) is 0 Å². The van der Waals surface area contributed by atoms with Crippen LogP contribution < -0.4 is 15.2 Å². The number of nitrogens with two attached hydrogens (primary N) is 1. The van der Waals surface area contributed by atoms with Gasteiger partial charge in [-0.05, 0) is 12.1 Å². The van der Waals surface area contributed by atoms with Gasteiger partial charge in [-0.3, -0.25) is 0 Å². The molecule has 0 fully saturated rings. The van der Waals surface area contributed by atoms with E-state index in [2.05, 4.69) is 5.16 Å². The Labute approximate surface area is 90.2 Å². The van der Waals surface area contributed by atoms with Crippen LogP contribution in [0.2, 0.25) is 0 Å². The average molecular weight is 220 g/mol. The van der Waals surface area contributed by atoms with Crippen molar-refractivity contribution in [1.29, 1.82) is 0 Å². The average Bonchev–Trinajstić information content (AvgIpc) is 2.87. The van der Waals surface area contributed by atoms with Crippen molar-refractivity contribution >= 4 is 5.82 Å². The molecule has 0 saturated heterocycles. The summed E-state index contributed by atoms with van der Waals surface area (Å²) in [6, 6.07) is 4.87. The third-order valence-corrected chi connectivity index (χ3v) is 2.31. The first kappa shape index (κ1) is 8.90. The van der Waals surface area contributed by atoms with E-state index in [9.17, 15) is 5.11 Å². The summed E-state index contributed by atoms with van der Waals surface area (Å²) in [6.45, 7) is 0.102. The molecular weight excluding hydrogens is 212 g/mol. The number of phenolic OH excluding ortho intramolecular Hbond substituents is 1. The second-order valence-corrected chi connectivity index (χ2v) is 3.31. The SMILES string of the molecule is Nc1cc(-c2ccc3c(c2O)OCO3)on1. The number of rotatable bonds is 1. The number of aromatic nitrogens is 1. The lowest BCUT2D eigenvalue weighted by atomic mass is 10.1. The topological polar surface area (TPSA) is 90.7 Å². The van der Waals surface area contributed by atoms with Gasteiger partial charge in [-0.1, -0.05) is 5.16 Å². The van der Waals surface area contributed by atoms with Gasteiger partial charge in [0.1, 0.15) is 0 Å². The lowest BCUT2D eigenvalue weighted by Gasteiger charge is -2.03.